The molecule has 23 heavy (non-hydrogen) atoms. The smallest absolute Gasteiger partial charge is 0.294 e. The first kappa shape index (κ1) is 20.8. The van der Waals surface area contributed by atoms with E-state index in [0.29, 0.717) is 51.0 Å². The van der Waals surface area contributed by atoms with E-state index in [2.05, 4.69) is 9.83 Å². The van der Waals surface area contributed by atoms with Crippen molar-refractivity contribution in [1.29, 1.82) is 0 Å². The number of Topliss-reactive ketones (excluding diaryl/α,β-unsaturated/α-hetero) is 1. The zero-order valence-electron chi connectivity index (χ0n) is 13.4. The summed E-state index contributed by atoms with van der Waals surface area (Å²) in [6, 6.07) is 0. The van der Waals surface area contributed by atoms with Crippen molar-refractivity contribution < 1.29 is 24.3 Å². The second kappa shape index (κ2) is 13.5. The number of ether oxygens (including phenoxy) is 1. The Morgan fingerprint density at radius 3 is 2.74 bits per heavy atom. The fourth-order valence-corrected chi connectivity index (χ4v) is 1.85. The van der Waals surface area contributed by atoms with Crippen molar-refractivity contribution >= 4 is 18.1 Å². The van der Waals surface area contributed by atoms with Crippen LogP contribution >= 0.6 is 0 Å². The Labute approximate surface area is 135 Å². The predicted molar refractivity (Wildman–Crippen MR) is 83.4 cm³/mol. The molecule has 1 unspecified atom stereocenters. The molecule has 0 aliphatic carbocycles. The number of ketones is 1. The van der Waals surface area contributed by atoms with E-state index in [9.17, 15) is 19.7 Å². The average Bonchev–Trinajstić information content (AvgIpc) is 2.47. The van der Waals surface area contributed by atoms with Gasteiger partial charge in [-0.15, -0.1) is 10.1 Å². The van der Waals surface area contributed by atoms with E-state index in [0.717, 1.165) is 6.42 Å². The lowest BCUT2D eigenvalue weighted by atomic mass is 10.1. The van der Waals surface area contributed by atoms with Crippen molar-refractivity contribution in [3.8, 4) is 0 Å². The van der Waals surface area contributed by atoms with Crippen LogP contribution in [0.1, 0.15) is 51.9 Å². The Balaban J connectivity index is 3.65. The number of rotatable bonds is 15. The second-order valence-corrected chi connectivity index (χ2v) is 5.14. The first-order valence-electron chi connectivity index (χ1n) is 7.62. The summed E-state index contributed by atoms with van der Waals surface area (Å²) >= 11 is 0. The number of unbranched alkanes of at least 4 members (excludes halogenated alkanes) is 2. The van der Waals surface area contributed by atoms with Gasteiger partial charge in [0.15, 0.2) is 0 Å². The Bertz CT molecular complexity index is 400. The Morgan fingerprint density at radius 2 is 2.09 bits per heavy atom. The van der Waals surface area contributed by atoms with Crippen molar-refractivity contribution in [2.45, 2.75) is 58.0 Å². The van der Waals surface area contributed by atoms with Gasteiger partial charge < -0.3 is 15.3 Å². The number of carbonyl (C=O) groups excluding carboxylic acids is 2. The van der Waals surface area contributed by atoms with Crippen molar-refractivity contribution in [1.82, 2.24) is 0 Å². The first-order chi connectivity index (χ1) is 11.0. The maximum Gasteiger partial charge on any atom is 0.294 e. The number of nitrogens with zero attached hydrogens (tertiary/aromatic N) is 2. The summed E-state index contributed by atoms with van der Waals surface area (Å²) in [4.78, 5) is 40.0. The highest BCUT2D eigenvalue weighted by atomic mass is 16.9. The highest BCUT2D eigenvalue weighted by molar-refractivity contribution is 5.99. The number of aliphatic imine (C=N–C) groups is 1. The summed E-state index contributed by atoms with van der Waals surface area (Å²) in [6.07, 6.45) is 3.63. The Morgan fingerprint density at radius 1 is 1.35 bits per heavy atom. The average molecular weight is 331 g/mol. The number of carbonyl (C=O) groups is 2. The third-order valence-electron chi connectivity index (χ3n) is 3.05. The molecule has 0 amide bonds. The summed E-state index contributed by atoms with van der Waals surface area (Å²) in [7, 11) is 0. The summed E-state index contributed by atoms with van der Waals surface area (Å²) in [5, 5.41) is 9.09. The van der Waals surface area contributed by atoms with Crippen molar-refractivity contribution in [3.05, 3.63) is 10.1 Å². The minimum Gasteiger partial charge on any atom is -0.465 e. The zero-order chi connectivity index (χ0) is 17.5. The van der Waals surface area contributed by atoms with Crippen LogP contribution in [-0.2, 0) is 19.2 Å². The van der Waals surface area contributed by atoms with E-state index in [-0.39, 0.29) is 24.9 Å². The lowest BCUT2D eigenvalue weighted by molar-refractivity contribution is -0.757. The normalized spacial score (nSPS) is 12.5. The molecule has 0 aliphatic rings. The highest BCUT2D eigenvalue weighted by Crippen LogP contribution is 2.04. The van der Waals surface area contributed by atoms with Gasteiger partial charge in [-0.05, 0) is 32.6 Å². The second-order valence-electron chi connectivity index (χ2n) is 5.14. The summed E-state index contributed by atoms with van der Waals surface area (Å²) in [6.45, 7) is 2.76. The van der Waals surface area contributed by atoms with Crippen molar-refractivity contribution in [2.24, 2.45) is 10.7 Å². The van der Waals surface area contributed by atoms with Gasteiger partial charge in [0, 0.05) is 13.0 Å². The van der Waals surface area contributed by atoms with E-state index >= 15 is 0 Å². The lowest BCUT2D eigenvalue weighted by Gasteiger charge is -2.07. The van der Waals surface area contributed by atoms with Crippen LogP contribution in [-0.4, -0.2) is 42.4 Å². The molecule has 0 aromatic heterocycles. The largest absolute Gasteiger partial charge is 0.465 e. The van der Waals surface area contributed by atoms with Crippen LogP contribution in [0.3, 0.4) is 0 Å². The van der Waals surface area contributed by atoms with Crippen LogP contribution in [0.5, 0.6) is 0 Å². The van der Waals surface area contributed by atoms with Gasteiger partial charge in [-0.2, -0.15) is 0 Å². The number of hydrogen-bond donors (Lipinski definition) is 1. The van der Waals surface area contributed by atoms with Gasteiger partial charge in [-0.25, -0.2) is 0 Å². The van der Waals surface area contributed by atoms with Gasteiger partial charge in [-0.1, -0.05) is 6.42 Å². The quantitative estimate of drug-likeness (QED) is 0.120. The molecule has 9 heteroatoms. The van der Waals surface area contributed by atoms with Crippen molar-refractivity contribution in [2.75, 3.05) is 13.2 Å². The van der Waals surface area contributed by atoms with Crippen LogP contribution in [0.15, 0.2) is 4.99 Å². The molecule has 0 aromatic carbocycles. The molecule has 2 N–H and O–H groups in total. The van der Waals surface area contributed by atoms with Crippen LogP contribution < -0.4 is 5.73 Å². The summed E-state index contributed by atoms with van der Waals surface area (Å²) < 4.78 is 4.74. The van der Waals surface area contributed by atoms with Crippen LogP contribution in [0.2, 0.25) is 0 Å². The molecule has 132 valence electrons. The molecule has 0 radical (unpaired) electrons. The third kappa shape index (κ3) is 14.5. The Hall–Kier alpha value is -2.19. The molecule has 0 bridgehead atoms. The molecule has 0 aliphatic heterocycles. The SMILES string of the molecule is CC(CCCN=C(N)CC(=O)CCCCCO[N+](=O)[O-])OC=O. The zero-order valence-corrected chi connectivity index (χ0v) is 13.4. The molecular weight excluding hydrogens is 306 g/mol. The highest BCUT2D eigenvalue weighted by Gasteiger charge is 2.05. The van der Waals surface area contributed by atoms with Gasteiger partial charge in [0.1, 0.15) is 11.6 Å². The minimum absolute atomic E-state index is 0.000833. The molecule has 0 saturated heterocycles. The topological polar surface area (TPSA) is 134 Å². The van der Waals surface area contributed by atoms with Crippen LogP contribution in [0.4, 0.5) is 0 Å². The molecular formula is C14H25N3O6. The number of nitrogens with two attached hydrogens (primary N) is 1. The number of amidine groups is 1. The van der Waals surface area contributed by atoms with Crippen LogP contribution in [0.25, 0.3) is 0 Å². The standard InChI is InChI=1S/C14H25N3O6/c1-12(22-11-18)6-5-8-16-14(15)10-13(19)7-3-2-4-9-23-17(20)21/h11-12H,2-10H2,1H3,(H2,15,16). The van der Waals surface area contributed by atoms with E-state index in [1.165, 1.54) is 0 Å². The molecule has 0 rings (SSSR count). The minimum atomic E-state index is -0.825. The molecule has 0 aromatic rings. The Kier molecular flexibility index (Phi) is 12.2. The van der Waals surface area contributed by atoms with E-state index in [4.69, 9.17) is 10.5 Å². The molecule has 0 heterocycles. The third-order valence-corrected chi connectivity index (χ3v) is 3.05. The van der Waals surface area contributed by atoms with Gasteiger partial charge in [-0.3, -0.25) is 14.6 Å². The van der Waals surface area contributed by atoms with E-state index < -0.39 is 5.09 Å². The van der Waals surface area contributed by atoms with Gasteiger partial charge in [0.2, 0.25) is 0 Å². The lowest BCUT2D eigenvalue weighted by Crippen LogP contribution is -2.18. The molecule has 1 atom stereocenters. The molecule has 0 saturated carbocycles. The maximum absolute atomic E-state index is 11.7. The predicted octanol–water partition coefficient (Wildman–Crippen LogP) is 1.41. The summed E-state index contributed by atoms with van der Waals surface area (Å²) in [5.74, 6) is 0.301. The monoisotopic (exact) mass is 331 g/mol. The van der Waals surface area contributed by atoms with Crippen LogP contribution in [0, 0.1) is 10.1 Å². The fourth-order valence-electron chi connectivity index (χ4n) is 1.85. The summed E-state index contributed by atoms with van der Waals surface area (Å²) in [5.41, 5.74) is 5.68. The van der Waals surface area contributed by atoms with Gasteiger partial charge in [0.05, 0.1) is 19.1 Å². The fraction of sp³-hybridized carbons (Fsp3) is 0.786. The molecule has 0 fully saturated rings. The first-order valence-corrected chi connectivity index (χ1v) is 7.62. The van der Waals surface area contributed by atoms with E-state index in [1.54, 1.807) is 6.92 Å². The van der Waals surface area contributed by atoms with E-state index in [1.807, 2.05) is 0 Å². The van der Waals surface area contributed by atoms with Gasteiger partial charge in [0.25, 0.3) is 11.6 Å². The van der Waals surface area contributed by atoms with Crippen molar-refractivity contribution in [3.63, 3.8) is 0 Å². The maximum atomic E-state index is 11.7. The molecule has 9 nitrogen and oxygen atoms in total. The molecule has 0 spiro atoms. The van der Waals surface area contributed by atoms with Gasteiger partial charge >= 0.3 is 0 Å². The number of hydrogen-bond acceptors (Lipinski definition) is 7.